The average molecular weight is 663 g/mol. The second-order valence-corrected chi connectivity index (χ2v) is 14.6. The molecule has 0 radical (unpaired) electrons. The molecule has 250 valence electrons. The number of benzene rings is 2. The van der Waals surface area contributed by atoms with Gasteiger partial charge in [0.25, 0.3) is 18.0 Å². The Morgan fingerprint density at radius 3 is 2.28 bits per heavy atom. The highest BCUT2D eigenvalue weighted by Gasteiger charge is 2.74. The zero-order chi connectivity index (χ0) is 34.3. The number of carbonyl (C=O) groups excluding carboxylic acids is 3. The van der Waals surface area contributed by atoms with Crippen molar-refractivity contribution >= 4 is 41.3 Å². The highest BCUT2D eigenvalue weighted by atomic mass is 32.1. The number of pyridine rings is 1. The lowest BCUT2D eigenvalue weighted by Crippen LogP contribution is -2.51. The first kappa shape index (κ1) is 34.2. The van der Waals surface area contributed by atoms with Crippen molar-refractivity contribution in [3.05, 3.63) is 54.6 Å². The molecule has 47 heavy (non-hydrogen) atoms. The van der Waals surface area contributed by atoms with Gasteiger partial charge in [0, 0.05) is 41.8 Å². The van der Waals surface area contributed by atoms with Crippen LogP contribution in [0.1, 0.15) is 67.7 Å². The molecular formula is C36H44N3O7S+. The van der Waals surface area contributed by atoms with E-state index in [0.717, 1.165) is 14.9 Å². The van der Waals surface area contributed by atoms with Crippen molar-refractivity contribution < 1.29 is 37.3 Å². The van der Waals surface area contributed by atoms with Gasteiger partial charge >= 0.3 is 18.0 Å². The number of methoxy groups -OCH3 is 1. The van der Waals surface area contributed by atoms with Crippen molar-refractivity contribution in [2.24, 2.45) is 5.92 Å². The highest BCUT2D eigenvalue weighted by Crippen LogP contribution is 2.50. The molecule has 1 saturated heterocycles. The normalized spacial score (nSPS) is 22.5. The first-order valence-corrected chi connectivity index (χ1v) is 16.4. The zero-order valence-corrected chi connectivity index (χ0v) is 29.2. The molecule has 2 aromatic carbocycles. The number of nitrogens with zero attached hydrogens (tertiary/aromatic N) is 3. The summed E-state index contributed by atoms with van der Waals surface area (Å²) in [6, 6.07) is 16.1. The summed E-state index contributed by atoms with van der Waals surface area (Å²) in [5.74, 6) is -0.0000410. The number of amides is 2. The maximum Gasteiger partial charge on any atom is 0.424 e. The number of aromatic nitrogens is 1. The van der Waals surface area contributed by atoms with E-state index in [0.29, 0.717) is 35.6 Å². The van der Waals surface area contributed by atoms with E-state index < -0.39 is 46.9 Å². The zero-order valence-electron chi connectivity index (χ0n) is 28.4. The van der Waals surface area contributed by atoms with Crippen molar-refractivity contribution in [1.82, 2.24) is 9.88 Å². The Morgan fingerprint density at radius 2 is 1.68 bits per heavy atom. The van der Waals surface area contributed by atoms with Gasteiger partial charge in [0.1, 0.15) is 28.8 Å². The summed E-state index contributed by atoms with van der Waals surface area (Å²) in [6.07, 6.45) is -0.0482. The third-order valence-electron chi connectivity index (χ3n) is 8.40. The number of hydrogen-bond donors (Lipinski definition) is 0. The third kappa shape index (κ3) is 7.25. The van der Waals surface area contributed by atoms with Crippen LogP contribution >= 0.6 is 0 Å². The number of carbonyl (C=O) groups is 3. The number of likely N-dealkylation sites (tertiary alicyclic amines) is 1. The number of ether oxygens (including phenoxy) is 4. The van der Waals surface area contributed by atoms with Gasteiger partial charge in [-0.25, -0.2) is 19.4 Å². The average Bonchev–Trinajstić information content (AvgIpc) is 3.62. The Morgan fingerprint density at radius 1 is 1.00 bits per heavy atom. The molecule has 2 fully saturated rings. The molecule has 1 aromatic heterocycles. The van der Waals surface area contributed by atoms with E-state index in [1.54, 1.807) is 48.7 Å². The molecule has 1 unspecified atom stereocenters. The molecule has 0 bridgehead atoms. The van der Waals surface area contributed by atoms with E-state index in [1.165, 1.54) is 4.90 Å². The van der Waals surface area contributed by atoms with E-state index in [2.05, 4.69) is 0 Å². The Kier molecular flexibility index (Phi) is 9.34. The van der Waals surface area contributed by atoms with E-state index in [1.807, 2.05) is 61.5 Å². The quantitative estimate of drug-likeness (QED) is 0.199. The molecule has 2 aliphatic rings. The molecule has 1 aliphatic heterocycles. The van der Waals surface area contributed by atoms with Crippen LogP contribution in [0.3, 0.4) is 0 Å². The van der Waals surface area contributed by atoms with Crippen LogP contribution in [-0.2, 0) is 31.5 Å². The summed E-state index contributed by atoms with van der Waals surface area (Å²) in [7, 11) is 1.60. The third-order valence-corrected chi connectivity index (χ3v) is 8.90. The van der Waals surface area contributed by atoms with Crippen LogP contribution in [0.15, 0.2) is 54.6 Å². The monoisotopic (exact) mass is 662 g/mol. The lowest BCUT2D eigenvalue weighted by molar-refractivity contribution is -0.473. The Balaban J connectivity index is 1.49. The van der Waals surface area contributed by atoms with Crippen LogP contribution in [0.2, 0.25) is 0 Å². The Labute approximate surface area is 281 Å². The van der Waals surface area contributed by atoms with Gasteiger partial charge in [-0.15, -0.1) is 0 Å². The minimum Gasteiger partial charge on any atom is -0.497 e. The van der Waals surface area contributed by atoms with Gasteiger partial charge in [0.15, 0.2) is 6.04 Å². The van der Waals surface area contributed by atoms with E-state index in [-0.39, 0.29) is 18.9 Å². The molecule has 2 heterocycles. The highest BCUT2D eigenvalue weighted by molar-refractivity contribution is 7.44. The van der Waals surface area contributed by atoms with Crippen LogP contribution in [0, 0.1) is 5.92 Å². The minimum atomic E-state index is -1.27. The van der Waals surface area contributed by atoms with Crippen molar-refractivity contribution in [1.29, 1.82) is 0 Å². The van der Waals surface area contributed by atoms with Gasteiger partial charge in [0.05, 0.1) is 24.9 Å². The van der Waals surface area contributed by atoms with Crippen LogP contribution in [0.4, 0.5) is 4.79 Å². The van der Waals surface area contributed by atoms with Crippen LogP contribution < -0.4 is 9.47 Å². The van der Waals surface area contributed by atoms with Gasteiger partial charge in [-0.2, -0.15) is 0 Å². The van der Waals surface area contributed by atoms with Gasteiger partial charge in [-0.1, -0.05) is 41.2 Å². The number of fused-ring (bicyclic) bond motifs is 1. The molecule has 2 amide bonds. The molecule has 5 rings (SSSR count). The van der Waals surface area contributed by atoms with Crippen LogP contribution in [-0.4, -0.2) is 74.3 Å². The van der Waals surface area contributed by atoms with Crippen molar-refractivity contribution in [3.63, 3.8) is 0 Å². The lowest BCUT2D eigenvalue weighted by atomic mass is 10.1. The fourth-order valence-corrected chi connectivity index (χ4v) is 6.48. The van der Waals surface area contributed by atoms with Crippen molar-refractivity contribution in [2.75, 3.05) is 13.7 Å². The molecule has 10 nitrogen and oxygen atoms in total. The predicted molar refractivity (Wildman–Crippen MR) is 179 cm³/mol. The van der Waals surface area contributed by atoms with Gasteiger partial charge in [-0.05, 0) is 60.1 Å². The minimum absolute atomic E-state index is 0.0752. The largest absolute Gasteiger partial charge is 0.497 e. The SMILES string of the molecule is CCC1C[C@@]1(C(=O)OC(C)(C)C)[N+](=S)C(=O)[C@@H]1C[C@@H](Oc2cc(-c3ccccc3)nc3cc(OC)ccc23)CN1C(=O)OC(C)(C)C. The Bertz CT molecular complexity index is 1700. The molecule has 1 aliphatic carbocycles. The van der Waals surface area contributed by atoms with Gasteiger partial charge in [-0.3, -0.25) is 4.90 Å². The van der Waals surface area contributed by atoms with Gasteiger partial charge in [0.2, 0.25) is 0 Å². The molecule has 4 atom stereocenters. The smallest absolute Gasteiger partial charge is 0.424 e. The van der Waals surface area contributed by atoms with E-state index >= 15 is 0 Å². The van der Waals surface area contributed by atoms with Gasteiger partial charge < -0.3 is 18.9 Å². The van der Waals surface area contributed by atoms with Crippen molar-refractivity contribution in [3.8, 4) is 22.8 Å². The molecule has 1 saturated carbocycles. The standard InChI is InChI=1S/C36H44N3O7S/c1-9-23-20-36(23,32(41)45-34(2,3)4)39(47)31(40)29-18-25(21-38(29)33(42)46-35(5,6)7)44-30-19-27(22-13-11-10-12-14-22)37-28-17-24(43-8)15-16-26(28)30/h10-17,19,23,25,29H,9,18,20-21H2,1-8H3/q+1/t23?,25-,29+,36-/m1/s1. The second-order valence-electron chi connectivity index (χ2n) is 14.2. The maximum absolute atomic E-state index is 14.2. The second kappa shape index (κ2) is 12.8. The summed E-state index contributed by atoms with van der Waals surface area (Å²) in [5.41, 5.74) is -0.547. The Hall–Kier alpha value is -4.12. The summed E-state index contributed by atoms with van der Waals surface area (Å²) in [6.45, 7) is 12.7. The molecular weight excluding hydrogens is 618 g/mol. The van der Waals surface area contributed by atoms with E-state index in [4.69, 9.17) is 36.4 Å². The van der Waals surface area contributed by atoms with Crippen LogP contribution in [0.25, 0.3) is 22.2 Å². The lowest BCUT2D eigenvalue weighted by Gasteiger charge is -2.27. The topological polar surface area (TPSA) is 107 Å². The first-order valence-electron chi connectivity index (χ1n) is 16.0. The fourth-order valence-electron chi connectivity index (χ4n) is 6.06. The summed E-state index contributed by atoms with van der Waals surface area (Å²) in [4.78, 5) is 47.5. The number of rotatable bonds is 8. The summed E-state index contributed by atoms with van der Waals surface area (Å²) < 4.78 is 24.6. The fraction of sp³-hybridized carbons (Fsp3) is 0.500. The molecule has 0 N–H and O–H groups in total. The number of esters is 1. The summed E-state index contributed by atoms with van der Waals surface area (Å²) >= 11 is 5.72. The first-order chi connectivity index (χ1) is 22.1. The van der Waals surface area contributed by atoms with Crippen molar-refractivity contribution in [2.45, 2.75) is 96.6 Å². The summed E-state index contributed by atoms with van der Waals surface area (Å²) in [5, 5.41) is 0.751. The van der Waals surface area contributed by atoms with Crippen LogP contribution in [0.5, 0.6) is 11.5 Å². The number of hydrogen-bond acceptors (Lipinski definition) is 9. The maximum atomic E-state index is 14.2. The van der Waals surface area contributed by atoms with E-state index in [9.17, 15) is 14.4 Å². The molecule has 0 spiro atoms. The molecule has 11 heteroatoms. The predicted octanol–water partition coefficient (Wildman–Crippen LogP) is 6.45. The molecule has 3 aromatic rings.